The summed E-state index contributed by atoms with van der Waals surface area (Å²) in [6.07, 6.45) is 4.89. The van der Waals surface area contributed by atoms with Gasteiger partial charge in [0.25, 0.3) is 0 Å². The molecule has 18 heavy (non-hydrogen) atoms. The van der Waals surface area contributed by atoms with Crippen molar-refractivity contribution in [2.24, 2.45) is 5.92 Å². The number of sulfonamides is 1. The summed E-state index contributed by atoms with van der Waals surface area (Å²) < 4.78 is 29.5. The molecule has 0 saturated carbocycles. The monoisotopic (exact) mass is 273 g/mol. The fourth-order valence-corrected chi connectivity index (χ4v) is 3.17. The van der Waals surface area contributed by atoms with Gasteiger partial charge < -0.3 is 9.84 Å². The minimum atomic E-state index is -3.05. The highest BCUT2D eigenvalue weighted by Gasteiger charge is 2.25. The zero-order valence-electron chi connectivity index (χ0n) is 10.5. The van der Waals surface area contributed by atoms with Crippen LogP contribution in [0.4, 0.5) is 0 Å². The Kier molecular flexibility index (Phi) is 4.36. The lowest BCUT2D eigenvalue weighted by Gasteiger charge is -2.30. The van der Waals surface area contributed by atoms with Crippen molar-refractivity contribution in [1.29, 1.82) is 0 Å². The van der Waals surface area contributed by atoms with Crippen molar-refractivity contribution in [3.63, 3.8) is 0 Å². The average Bonchev–Trinajstić information content (AvgIpc) is 2.81. The summed E-state index contributed by atoms with van der Waals surface area (Å²) in [5, 5.41) is 6.90. The number of nitrogens with zero attached hydrogens (tertiary/aromatic N) is 2. The van der Waals surface area contributed by atoms with Gasteiger partial charge in [0.2, 0.25) is 10.0 Å². The molecule has 0 aromatic carbocycles. The molecule has 1 unspecified atom stereocenters. The van der Waals surface area contributed by atoms with E-state index in [1.54, 1.807) is 10.5 Å². The van der Waals surface area contributed by atoms with Crippen molar-refractivity contribution in [3.05, 3.63) is 18.0 Å². The van der Waals surface area contributed by atoms with Crippen LogP contribution in [0.1, 0.15) is 18.6 Å². The molecule has 7 heteroatoms. The van der Waals surface area contributed by atoms with Gasteiger partial charge in [0.1, 0.15) is 5.76 Å². The summed E-state index contributed by atoms with van der Waals surface area (Å²) >= 11 is 0. The maximum absolute atomic E-state index is 11.5. The molecule has 0 aliphatic carbocycles. The van der Waals surface area contributed by atoms with Crippen molar-refractivity contribution in [2.45, 2.75) is 19.4 Å². The summed E-state index contributed by atoms with van der Waals surface area (Å²) in [5.41, 5.74) is 0. The molecule has 0 spiro atoms. The van der Waals surface area contributed by atoms with Crippen LogP contribution in [0.15, 0.2) is 16.8 Å². The van der Waals surface area contributed by atoms with Crippen LogP contribution >= 0.6 is 0 Å². The van der Waals surface area contributed by atoms with E-state index >= 15 is 0 Å². The van der Waals surface area contributed by atoms with Gasteiger partial charge in [0.05, 0.1) is 19.0 Å². The van der Waals surface area contributed by atoms with Crippen molar-refractivity contribution in [2.75, 3.05) is 25.9 Å². The van der Waals surface area contributed by atoms with Crippen LogP contribution in [0.25, 0.3) is 0 Å². The number of hydrogen-bond donors (Lipinski definition) is 1. The van der Waals surface area contributed by atoms with E-state index in [1.807, 2.05) is 6.07 Å². The average molecular weight is 273 g/mol. The molecule has 1 N–H and O–H groups in total. The quantitative estimate of drug-likeness (QED) is 0.842. The van der Waals surface area contributed by atoms with E-state index in [0.717, 1.165) is 25.1 Å². The Balaban J connectivity index is 1.76. The molecule has 6 nitrogen and oxygen atoms in total. The predicted octanol–water partition coefficient (Wildman–Crippen LogP) is 0.436. The lowest BCUT2D eigenvalue weighted by atomic mass is 10.00. The lowest BCUT2D eigenvalue weighted by molar-refractivity contribution is 0.258. The highest BCUT2D eigenvalue weighted by molar-refractivity contribution is 7.88. The predicted molar refractivity (Wildman–Crippen MR) is 67.4 cm³/mol. The fraction of sp³-hybridized carbons (Fsp3) is 0.727. The molecule has 0 amide bonds. The van der Waals surface area contributed by atoms with E-state index in [-0.39, 0.29) is 0 Å². The Morgan fingerprint density at radius 2 is 2.44 bits per heavy atom. The van der Waals surface area contributed by atoms with Crippen LogP contribution in [0, 0.1) is 5.92 Å². The Hall–Kier alpha value is -0.920. The van der Waals surface area contributed by atoms with Gasteiger partial charge in [-0.05, 0) is 25.3 Å². The zero-order valence-corrected chi connectivity index (χ0v) is 11.3. The third-order valence-corrected chi connectivity index (χ3v) is 4.44. The molecule has 1 atom stereocenters. The molecule has 0 radical (unpaired) electrons. The lowest BCUT2D eigenvalue weighted by Crippen LogP contribution is -2.42. The first-order chi connectivity index (χ1) is 8.55. The van der Waals surface area contributed by atoms with Crippen molar-refractivity contribution < 1.29 is 12.9 Å². The molecular weight excluding hydrogens is 254 g/mol. The van der Waals surface area contributed by atoms with Gasteiger partial charge in [-0.2, -0.15) is 0 Å². The Labute approximate surface area is 107 Å². The molecule has 2 heterocycles. The van der Waals surface area contributed by atoms with E-state index < -0.39 is 10.0 Å². The maximum atomic E-state index is 11.5. The van der Waals surface area contributed by atoms with Crippen LogP contribution in [0.3, 0.4) is 0 Å². The molecular formula is C11H19N3O3S. The van der Waals surface area contributed by atoms with E-state index in [2.05, 4.69) is 10.5 Å². The Morgan fingerprint density at radius 3 is 3.11 bits per heavy atom. The molecule has 1 saturated heterocycles. The number of rotatable bonds is 5. The van der Waals surface area contributed by atoms with Crippen molar-refractivity contribution in [3.8, 4) is 0 Å². The SMILES string of the molecule is CS(=O)(=O)N1CCCC(CNCc2ccno2)C1. The van der Waals surface area contributed by atoms with Crippen LogP contribution in [0.5, 0.6) is 0 Å². The molecule has 1 aliphatic heterocycles. The van der Waals surface area contributed by atoms with Gasteiger partial charge in [0, 0.05) is 19.2 Å². The maximum Gasteiger partial charge on any atom is 0.211 e. The van der Waals surface area contributed by atoms with E-state index in [0.29, 0.717) is 25.6 Å². The summed E-state index contributed by atoms with van der Waals surface area (Å²) in [6, 6.07) is 1.82. The van der Waals surface area contributed by atoms with Gasteiger partial charge in [-0.3, -0.25) is 0 Å². The van der Waals surface area contributed by atoms with Crippen LogP contribution < -0.4 is 5.32 Å². The van der Waals surface area contributed by atoms with Crippen LogP contribution in [-0.2, 0) is 16.6 Å². The molecule has 2 rings (SSSR count). The second-order valence-electron chi connectivity index (χ2n) is 4.74. The number of hydrogen-bond acceptors (Lipinski definition) is 5. The largest absolute Gasteiger partial charge is 0.360 e. The molecule has 1 aliphatic rings. The highest BCUT2D eigenvalue weighted by Crippen LogP contribution is 2.18. The standard InChI is InChI=1S/C11H19N3O3S/c1-18(15,16)14-6-2-3-10(9-14)7-12-8-11-4-5-13-17-11/h4-5,10,12H,2-3,6-9H2,1H3. The molecule has 1 fully saturated rings. The van der Waals surface area contributed by atoms with E-state index in [9.17, 15) is 8.42 Å². The summed E-state index contributed by atoms with van der Waals surface area (Å²) in [5.74, 6) is 1.17. The first-order valence-electron chi connectivity index (χ1n) is 6.11. The third-order valence-electron chi connectivity index (χ3n) is 3.17. The molecule has 0 bridgehead atoms. The number of nitrogens with one attached hydrogen (secondary N) is 1. The molecule has 102 valence electrons. The topological polar surface area (TPSA) is 75.4 Å². The summed E-state index contributed by atoms with van der Waals surface area (Å²) in [7, 11) is -3.05. The Morgan fingerprint density at radius 1 is 1.61 bits per heavy atom. The highest BCUT2D eigenvalue weighted by atomic mass is 32.2. The van der Waals surface area contributed by atoms with Crippen molar-refractivity contribution >= 4 is 10.0 Å². The van der Waals surface area contributed by atoms with Gasteiger partial charge in [-0.15, -0.1) is 0 Å². The second kappa shape index (κ2) is 5.81. The minimum Gasteiger partial charge on any atom is -0.360 e. The van der Waals surface area contributed by atoms with Crippen molar-refractivity contribution in [1.82, 2.24) is 14.8 Å². The minimum absolute atomic E-state index is 0.372. The zero-order chi connectivity index (χ0) is 13.0. The van der Waals surface area contributed by atoms with Gasteiger partial charge in [0.15, 0.2) is 0 Å². The Bertz CT molecular complexity index is 458. The summed E-state index contributed by atoms with van der Waals surface area (Å²) in [4.78, 5) is 0. The first-order valence-corrected chi connectivity index (χ1v) is 7.96. The van der Waals surface area contributed by atoms with Gasteiger partial charge in [-0.1, -0.05) is 5.16 Å². The third kappa shape index (κ3) is 3.79. The van der Waals surface area contributed by atoms with E-state index in [4.69, 9.17) is 4.52 Å². The smallest absolute Gasteiger partial charge is 0.211 e. The van der Waals surface area contributed by atoms with Gasteiger partial charge >= 0.3 is 0 Å². The van der Waals surface area contributed by atoms with Crippen LogP contribution in [0.2, 0.25) is 0 Å². The second-order valence-corrected chi connectivity index (χ2v) is 6.72. The normalized spacial score (nSPS) is 22.2. The summed E-state index contributed by atoms with van der Waals surface area (Å²) in [6.45, 7) is 2.70. The van der Waals surface area contributed by atoms with Gasteiger partial charge in [-0.25, -0.2) is 12.7 Å². The number of aromatic nitrogens is 1. The molecule has 1 aromatic heterocycles. The van der Waals surface area contributed by atoms with Crippen LogP contribution in [-0.4, -0.2) is 43.8 Å². The van der Waals surface area contributed by atoms with E-state index in [1.165, 1.54) is 6.26 Å². The fourth-order valence-electron chi connectivity index (χ4n) is 2.23. The number of piperidine rings is 1. The first kappa shape index (κ1) is 13.5. The molecule has 1 aromatic rings.